The van der Waals surface area contributed by atoms with Crippen LogP contribution >= 0.6 is 0 Å². The first kappa shape index (κ1) is 13.9. The number of hydrogen-bond acceptors (Lipinski definition) is 4. The van der Waals surface area contributed by atoms with Gasteiger partial charge in [-0.2, -0.15) is 0 Å². The van der Waals surface area contributed by atoms with Gasteiger partial charge in [0, 0.05) is 36.3 Å². The van der Waals surface area contributed by atoms with Gasteiger partial charge in [-0.05, 0) is 38.9 Å². The predicted octanol–water partition coefficient (Wildman–Crippen LogP) is 2.03. The van der Waals surface area contributed by atoms with Crippen molar-refractivity contribution in [2.75, 3.05) is 13.1 Å². The standard InChI is InChI=1S/C16H20N2O3/c1-2-18-10-11(9-17-5-3-4-6-17)16(21)12-7-14(19)15(20)8-13(12)18/h7-8,10,19-20H,2-6,9H2,1H3. The van der Waals surface area contributed by atoms with Crippen molar-refractivity contribution < 1.29 is 10.2 Å². The van der Waals surface area contributed by atoms with Gasteiger partial charge < -0.3 is 14.8 Å². The second-order valence-electron chi connectivity index (χ2n) is 5.61. The van der Waals surface area contributed by atoms with Crippen molar-refractivity contribution in [2.24, 2.45) is 0 Å². The molecule has 5 nitrogen and oxygen atoms in total. The molecule has 0 aliphatic carbocycles. The maximum atomic E-state index is 12.6. The van der Waals surface area contributed by atoms with E-state index in [1.54, 1.807) is 0 Å². The average Bonchev–Trinajstić information content (AvgIpc) is 2.97. The number of benzene rings is 1. The fraction of sp³-hybridized carbons (Fsp3) is 0.438. The normalized spacial score (nSPS) is 15.9. The van der Waals surface area contributed by atoms with Gasteiger partial charge in [-0.1, -0.05) is 0 Å². The largest absolute Gasteiger partial charge is 0.504 e. The van der Waals surface area contributed by atoms with E-state index in [2.05, 4.69) is 4.90 Å². The van der Waals surface area contributed by atoms with E-state index < -0.39 is 0 Å². The summed E-state index contributed by atoms with van der Waals surface area (Å²) < 4.78 is 1.95. The van der Waals surface area contributed by atoms with Gasteiger partial charge in [-0.3, -0.25) is 9.69 Å². The molecule has 0 unspecified atom stereocenters. The number of nitrogens with zero attached hydrogens (tertiary/aromatic N) is 2. The fourth-order valence-corrected chi connectivity index (χ4v) is 3.03. The van der Waals surface area contributed by atoms with Crippen molar-refractivity contribution in [1.29, 1.82) is 0 Å². The van der Waals surface area contributed by atoms with E-state index in [0.717, 1.165) is 18.7 Å². The molecule has 0 saturated carbocycles. The SMILES string of the molecule is CCn1cc(CN2CCCC2)c(=O)c2cc(O)c(O)cc21. The molecule has 3 rings (SSSR count). The van der Waals surface area contributed by atoms with Gasteiger partial charge in [0.2, 0.25) is 0 Å². The number of phenols is 2. The Morgan fingerprint density at radius 3 is 2.48 bits per heavy atom. The highest BCUT2D eigenvalue weighted by Crippen LogP contribution is 2.29. The van der Waals surface area contributed by atoms with E-state index in [1.807, 2.05) is 17.7 Å². The molecule has 1 aliphatic rings. The highest BCUT2D eigenvalue weighted by Gasteiger charge is 2.16. The number of fused-ring (bicyclic) bond motifs is 1. The third kappa shape index (κ3) is 2.49. The Morgan fingerprint density at radius 1 is 1.14 bits per heavy atom. The van der Waals surface area contributed by atoms with E-state index in [-0.39, 0.29) is 16.9 Å². The molecule has 2 aromatic rings. The lowest BCUT2D eigenvalue weighted by molar-refractivity contribution is 0.329. The Morgan fingerprint density at radius 2 is 1.81 bits per heavy atom. The molecule has 1 saturated heterocycles. The van der Waals surface area contributed by atoms with Crippen LogP contribution in [0.3, 0.4) is 0 Å². The number of aromatic hydroxyl groups is 2. The molecule has 112 valence electrons. The highest BCUT2D eigenvalue weighted by molar-refractivity contribution is 5.83. The van der Waals surface area contributed by atoms with Crippen LogP contribution in [0.1, 0.15) is 25.3 Å². The summed E-state index contributed by atoms with van der Waals surface area (Å²) in [5, 5.41) is 19.8. The molecule has 0 atom stereocenters. The van der Waals surface area contributed by atoms with Crippen LogP contribution in [0.4, 0.5) is 0 Å². The van der Waals surface area contributed by atoms with Gasteiger partial charge in [-0.15, -0.1) is 0 Å². The number of aromatic nitrogens is 1. The number of aryl methyl sites for hydroxylation is 1. The molecule has 1 aromatic heterocycles. The Hall–Kier alpha value is -2.01. The van der Waals surface area contributed by atoms with E-state index in [0.29, 0.717) is 24.0 Å². The first-order chi connectivity index (χ1) is 10.1. The van der Waals surface area contributed by atoms with Crippen molar-refractivity contribution in [3.63, 3.8) is 0 Å². The zero-order chi connectivity index (χ0) is 15.0. The Labute approximate surface area is 123 Å². The molecule has 1 aliphatic heterocycles. The minimum atomic E-state index is -0.249. The molecule has 0 amide bonds. The Kier molecular flexibility index (Phi) is 3.59. The smallest absolute Gasteiger partial charge is 0.194 e. The average molecular weight is 288 g/mol. The summed E-state index contributed by atoms with van der Waals surface area (Å²) in [4.78, 5) is 14.9. The summed E-state index contributed by atoms with van der Waals surface area (Å²) in [6.45, 7) is 5.41. The number of hydrogen-bond donors (Lipinski definition) is 2. The fourth-order valence-electron chi connectivity index (χ4n) is 3.03. The molecule has 1 fully saturated rings. The number of phenolic OH excluding ortho intramolecular Hbond substituents is 2. The van der Waals surface area contributed by atoms with Crippen molar-refractivity contribution in [1.82, 2.24) is 9.47 Å². The monoisotopic (exact) mass is 288 g/mol. The molecule has 0 bridgehead atoms. The molecular formula is C16H20N2O3. The highest BCUT2D eigenvalue weighted by atomic mass is 16.3. The molecular weight excluding hydrogens is 268 g/mol. The Bertz CT molecular complexity index is 730. The quantitative estimate of drug-likeness (QED) is 0.848. The van der Waals surface area contributed by atoms with E-state index in [4.69, 9.17) is 0 Å². The molecule has 21 heavy (non-hydrogen) atoms. The third-order valence-corrected chi connectivity index (χ3v) is 4.18. The Balaban J connectivity index is 2.15. The first-order valence-electron chi connectivity index (χ1n) is 7.40. The van der Waals surface area contributed by atoms with Gasteiger partial charge in [0.25, 0.3) is 0 Å². The van der Waals surface area contributed by atoms with Crippen molar-refractivity contribution in [3.05, 3.63) is 34.1 Å². The van der Waals surface area contributed by atoms with E-state index in [1.165, 1.54) is 25.0 Å². The van der Waals surface area contributed by atoms with E-state index >= 15 is 0 Å². The summed E-state index contributed by atoms with van der Waals surface area (Å²) in [5.74, 6) is -0.447. The van der Waals surface area contributed by atoms with Crippen LogP contribution < -0.4 is 5.43 Å². The van der Waals surface area contributed by atoms with Crippen LogP contribution in [0.5, 0.6) is 11.5 Å². The summed E-state index contributed by atoms with van der Waals surface area (Å²) in [5.41, 5.74) is 1.34. The maximum Gasteiger partial charge on any atom is 0.194 e. The lowest BCUT2D eigenvalue weighted by Crippen LogP contribution is -2.24. The minimum absolute atomic E-state index is 0.0584. The van der Waals surface area contributed by atoms with Crippen LogP contribution in [-0.4, -0.2) is 32.8 Å². The molecule has 1 aromatic carbocycles. The zero-order valence-corrected chi connectivity index (χ0v) is 12.2. The van der Waals surface area contributed by atoms with Crippen LogP contribution in [0.25, 0.3) is 10.9 Å². The number of likely N-dealkylation sites (tertiary alicyclic amines) is 1. The van der Waals surface area contributed by atoms with Gasteiger partial charge in [0.1, 0.15) is 0 Å². The van der Waals surface area contributed by atoms with Crippen molar-refractivity contribution >= 4 is 10.9 Å². The van der Waals surface area contributed by atoms with Crippen LogP contribution in [0.2, 0.25) is 0 Å². The first-order valence-corrected chi connectivity index (χ1v) is 7.40. The molecule has 5 heteroatoms. The zero-order valence-electron chi connectivity index (χ0n) is 12.2. The molecule has 2 heterocycles. The summed E-state index contributed by atoms with van der Waals surface area (Å²) in [6, 6.07) is 2.82. The van der Waals surface area contributed by atoms with Crippen molar-refractivity contribution in [3.8, 4) is 11.5 Å². The van der Waals surface area contributed by atoms with E-state index in [9.17, 15) is 15.0 Å². The second-order valence-corrected chi connectivity index (χ2v) is 5.61. The maximum absolute atomic E-state index is 12.6. The summed E-state index contributed by atoms with van der Waals surface area (Å²) in [7, 11) is 0. The van der Waals surface area contributed by atoms with Crippen molar-refractivity contribution in [2.45, 2.75) is 32.9 Å². The van der Waals surface area contributed by atoms with Gasteiger partial charge in [0.15, 0.2) is 16.9 Å². The summed E-state index contributed by atoms with van der Waals surface area (Å²) in [6.07, 6.45) is 4.24. The van der Waals surface area contributed by atoms with Crippen LogP contribution in [-0.2, 0) is 13.1 Å². The third-order valence-electron chi connectivity index (χ3n) is 4.18. The summed E-state index contributed by atoms with van der Waals surface area (Å²) >= 11 is 0. The number of rotatable bonds is 3. The van der Waals surface area contributed by atoms with Gasteiger partial charge in [-0.25, -0.2) is 0 Å². The minimum Gasteiger partial charge on any atom is -0.504 e. The second kappa shape index (κ2) is 5.41. The molecule has 0 radical (unpaired) electrons. The number of pyridine rings is 1. The lowest BCUT2D eigenvalue weighted by Gasteiger charge is -2.17. The van der Waals surface area contributed by atoms with Crippen LogP contribution in [0.15, 0.2) is 23.1 Å². The van der Waals surface area contributed by atoms with Gasteiger partial charge >= 0.3 is 0 Å². The van der Waals surface area contributed by atoms with Gasteiger partial charge in [0.05, 0.1) is 5.52 Å². The molecule has 2 N–H and O–H groups in total. The lowest BCUT2D eigenvalue weighted by atomic mass is 10.1. The predicted molar refractivity (Wildman–Crippen MR) is 81.7 cm³/mol. The van der Waals surface area contributed by atoms with Crippen LogP contribution in [0, 0.1) is 0 Å². The molecule has 0 spiro atoms. The topological polar surface area (TPSA) is 65.7 Å².